The van der Waals surface area contributed by atoms with Crippen LogP contribution in [0.5, 0.6) is 0 Å². The molecule has 0 aliphatic carbocycles. The van der Waals surface area contributed by atoms with Gasteiger partial charge in [0.25, 0.3) is 0 Å². The first-order valence-corrected chi connectivity index (χ1v) is 6.72. The lowest BCUT2D eigenvalue weighted by molar-refractivity contribution is 0.0696. The van der Waals surface area contributed by atoms with Crippen molar-refractivity contribution in [3.05, 3.63) is 40.8 Å². The summed E-state index contributed by atoms with van der Waals surface area (Å²) in [6.07, 6.45) is 0. The van der Waals surface area contributed by atoms with Gasteiger partial charge in [0.05, 0.1) is 22.4 Å². The highest BCUT2D eigenvalue weighted by Crippen LogP contribution is 2.20. The Morgan fingerprint density at radius 1 is 1.29 bits per heavy atom. The molecule has 5 nitrogen and oxygen atoms in total. The zero-order valence-electron chi connectivity index (χ0n) is 8.88. The van der Waals surface area contributed by atoms with Crippen molar-refractivity contribution in [2.24, 2.45) is 0 Å². The molecule has 0 saturated heterocycles. The van der Waals surface area contributed by atoms with Gasteiger partial charge in [0.2, 0.25) is 0 Å². The van der Waals surface area contributed by atoms with Crippen molar-refractivity contribution in [1.82, 2.24) is 5.32 Å². The largest absolute Gasteiger partial charge is 0.478 e. The molecule has 0 fully saturated rings. The fraction of sp³-hybridized carbons (Fsp3) is 0.182. The summed E-state index contributed by atoms with van der Waals surface area (Å²) in [5.41, 5.74) is 0.820. The van der Waals surface area contributed by atoms with Crippen molar-refractivity contribution < 1.29 is 18.3 Å². The first-order valence-electron chi connectivity index (χ1n) is 5.01. The van der Waals surface area contributed by atoms with Crippen LogP contribution in [-0.2, 0) is 9.84 Å². The van der Waals surface area contributed by atoms with Gasteiger partial charge in [-0.05, 0) is 6.07 Å². The summed E-state index contributed by atoms with van der Waals surface area (Å²) >= 11 is 0. The Bertz CT molecular complexity index is 589. The standard InChI is InChI=1S/C11H11NO4S/c13-11(14)9-4-2-1-3-8(9)10-7-17(15,16)6-5-12-10/h1-4,7,12H,5-6H2,(H,13,14). The van der Waals surface area contributed by atoms with Gasteiger partial charge in [-0.15, -0.1) is 0 Å². The lowest BCUT2D eigenvalue weighted by Crippen LogP contribution is -2.27. The second-order valence-corrected chi connectivity index (χ2v) is 5.65. The number of carbonyl (C=O) groups is 1. The summed E-state index contributed by atoms with van der Waals surface area (Å²) in [4.78, 5) is 11.0. The average molecular weight is 253 g/mol. The van der Waals surface area contributed by atoms with Gasteiger partial charge in [-0.1, -0.05) is 18.2 Å². The van der Waals surface area contributed by atoms with E-state index in [9.17, 15) is 13.2 Å². The quantitative estimate of drug-likeness (QED) is 0.810. The van der Waals surface area contributed by atoms with Crippen molar-refractivity contribution in [1.29, 1.82) is 0 Å². The number of hydrogen-bond donors (Lipinski definition) is 2. The van der Waals surface area contributed by atoms with E-state index in [1.165, 1.54) is 6.07 Å². The number of benzene rings is 1. The van der Waals surface area contributed by atoms with E-state index >= 15 is 0 Å². The number of rotatable bonds is 2. The Morgan fingerprint density at radius 2 is 2.00 bits per heavy atom. The fourth-order valence-electron chi connectivity index (χ4n) is 1.67. The third-order valence-electron chi connectivity index (χ3n) is 2.45. The van der Waals surface area contributed by atoms with E-state index in [-0.39, 0.29) is 11.3 Å². The van der Waals surface area contributed by atoms with Crippen LogP contribution in [0.4, 0.5) is 0 Å². The number of carboxylic acid groups (broad SMARTS) is 1. The Labute approximate surface area is 98.7 Å². The summed E-state index contributed by atoms with van der Waals surface area (Å²) in [7, 11) is -3.24. The molecule has 0 unspecified atom stereocenters. The van der Waals surface area contributed by atoms with Crippen LogP contribution in [0.2, 0.25) is 0 Å². The van der Waals surface area contributed by atoms with Gasteiger partial charge in [-0.25, -0.2) is 13.2 Å². The zero-order chi connectivity index (χ0) is 12.5. The topological polar surface area (TPSA) is 83.5 Å². The van der Waals surface area contributed by atoms with Gasteiger partial charge in [0.15, 0.2) is 9.84 Å². The van der Waals surface area contributed by atoms with Crippen molar-refractivity contribution in [3.8, 4) is 0 Å². The SMILES string of the molecule is O=C(O)c1ccccc1C1=CS(=O)(=O)CCN1. The molecule has 0 saturated carbocycles. The third-order valence-corrected chi connectivity index (χ3v) is 3.82. The normalized spacial score (nSPS) is 18.0. The Kier molecular flexibility index (Phi) is 2.89. The molecule has 17 heavy (non-hydrogen) atoms. The molecule has 0 radical (unpaired) electrons. The summed E-state index contributed by atoms with van der Waals surface area (Å²) in [6.45, 7) is 0.294. The molecule has 0 atom stereocenters. The molecule has 0 bridgehead atoms. The summed E-state index contributed by atoms with van der Waals surface area (Å²) in [6, 6.07) is 6.31. The second kappa shape index (κ2) is 4.21. The Hall–Kier alpha value is -1.82. The number of carboxylic acids is 1. The van der Waals surface area contributed by atoms with Gasteiger partial charge in [0, 0.05) is 12.1 Å². The maximum atomic E-state index is 11.5. The van der Waals surface area contributed by atoms with Gasteiger partial charge in [-0.3, -0.25) is 0 Å². The number of nitrogens with one attached hydrogen (secondary N) is 1. The lowest BCUT2D eigenvalue weighted by atomic mass is 10.1. The van der Waals surface area contributed by atoms with Crippen LogP contribution >= 0.6 is 0 Å². The van der Waals surface area contributed by atoms with E-state index in [2.05, 4.69) is 5.32 Å². The zero-order valence-corrected chi connectivity index (χ0v) is 9.70. The molecule has 1 aliphatic heterocycles. The van der Waals surface area contributed by atoms with Crippen molar-refractivity contribution >= 4 is 21.5 Å². The first-order chi connectivity index (χ1) is 7.99. The maximum absolute atomic E-state index is 11.5. The van der Waals surface area contributed by atoms with E-state index in [4.69, 9.17) is 5.11 Å². The molecule has 0 spiro atoms. The van der Waals surface area contributed by atoms with Crippen LogP contribution < -0.4 is 5.32 Å². The van der Waals surface area contributed by atoms with Crippen LogP contribution in [-0.4, -0.2) is 31.8 Å². The van der Waals surface area contributed by atoms with Gasteiger partial charge < -0.3 is 10.4 Å². The van der Waals surface area contributed by atoms with E-state index in [1.807, 2.05) is 0 Å². The monoisotopic (exact) mass is 253 g/mol. The number of hydrogen-bond acceptors (Lipinski definition) is 4. The fourth-order valence-corrected chi connectivity index (χ4v) is 2.75. The van der Waals surface area contributed by atoms with Gasteiger partial charge >= 0.3 is 5.97 Å². The lowest BCUT2D eigenvalue weighted by Gasteiger charge is -2.17. The Morgan fingerprint density at radius 3 is 2.65 bits per heavy atom. The number of sulfone groups is 1. The van der Waals surface area contributed by atoms with Crippen LogP contribution in [0.3, 0.4) is 0 Å². The summed E-state index contributed by atoms with van der Waals surface area (Å²) in [5.74, 6) is -1.04. The molecular weight excluding hydrogens is 242 g/mol. The second-order valence-electron chi connectivity index (χ2n) is 3.68. The maximum Gasteiger partial charge on any atom is 0.336 e. The predicted octanol–water partition coefficient (Wildman–Crippen LogP) is 0.701. The molecule has 0 aromatic heterocycles. The molecule has 1 aromatic carbocycles. The summed E-state index contributed by atoms with van der Waals surface area (Å²) < 4.78 is 22.9. The number of aromatic carboxylic acids is 1. The van der Waals surface area contributed by atoms with E-state index in [0.29, 0.717) is 17.8 Å². The first kappa shape index (κ1) is 11.7. The highest BCUT2D eigenvalue weighted by Gasteiger charge is 2.19. The van der Waals surface area contributed by atoms with Crippen molar-refractivity contribution in [3.63, 3.8) is 0 Å². The van der Waals surface area contributed by atoms with E-state index in [1.54, 1.807) is 18.2 Å². The molecule has 90 valence electrons. The molecule has 2 rings (SSSR count). The van der Waals surface area contributed by atoms with E-state index < -0.39 is 15.8 Å². The van der Waals surface area contributed by atoms with E-state index in [0.717, 1.165) is 5.41 Å². The van der Waals surface area contributed by atoms with Crippen LogP contribution in [0.25, 0.3) is 5.70 Å². The average Bonchev–Trinajstić information content (AvgIpc) is 2.27. The molecule has 1 heterocycles. The minimum absolute atomic E-state index is 0.0335. The Balaban J connectivity index is 2.55. The van der Waals surface area contributed by atoms with Gasteiger partial charge in [-0.2, -0.15) is 0 Å². The molecule has 1 aliphatic rings. The smallest absolute Gasteiger partial charge is 0.336 e. The predicted molar refractivity (Wildman–Crippen MR) is 63.2 cm³/mol. The van der Waals surface area contributed by atoms with Crippen LogP contribution in [0.1, 0.15) is 15.9 Å². The molecule has 6 heteroatoms. The van der Waals surface area contributed by atoms with Crippen molar-refractivity contribution in [2.45, 2.75) is 0 Å². The minimum atomic E-state index is -3.24. The summed E-state index contributed by atoms with van der Waals surface area (Å²) in [5, 5.41) is 13.0. The molecular formula is C11H11NO4S. The van der Waals surface area contributed by atoms with Gasteiger partial charge in [0.1, 0.15) is 0 Å². The minimum Gasteiger partial charge on any atom is -0.478 e. The third kappa shape index (κ3) is 2.47. The molecule has 2 N–H and O–H groups in total. The molecule has 0 amide bonds. The highest BCUT2D eigenvalue weighted by atomic mass is 32.2. The van der Waals surface area contributed by atoms with Crippen LogP contribution in [0.15, 0.2) is 29.7 Å². The van der Waals surface area contributed by atoms with Crippen molar-refractivity contribution in [2.75, 3.05) is 12.3 Å². The highest BCUT2D eigenvalue weighted by molar-refractivity contribution is 7.94. The van der Waals surface area contributed by atoms with Crippen LogP contribution in [0, 0.1) is 0 Å². The molecule has 1 aromatic rings.